The van der Waals surface area contributed by atoms with Gasteiger partial charge in [-0.15, -0.1) is 0 Å². The lowest BCUT2D eigenvalue weighted by molar-refractivity contribution is 0.0918. The lowest BCUT2D eigenvalue weighted by Gasteiger charge is -2.11. The summed E-state index contributed by atoms with van der Waals surface area (Å²) in [5.41, 5.74) is 2.53. The molecule has 0 saturated heterocycles. The summed E-state index contributed by atoms with van der Waals surface area (Å²) >= 11 is 0. The Morgan fingerprint density at radius 3 is 2.92 bits per heavy atom. The van der Waals surface area contributed by atoms with E-state index in [9.17, 15) is 14.9 Å². The molecule has 8 nitrogen and oxygen atoms in total. The van der Waals surface area contributed by atoms with Crippen molar-refractivity contribution in [3.05, 3.63) is 41.3 Å². The SMILES string of the molecule is Cc1c(Oc2cnc(C(=O)NCC(C)O)cn2)ccc2c1B(O)OC2. The van der Waals surface area contributed by atoms with E-state index in [1.54, 1.807) is 13.0 Å². The molecule has 0 spiro atoms. The molecule has 1 atom stereocenters. The van der Waals surface area contributed by atoms with E-state index >= 15 is 0 Å². The minimum atomic E-state index is -0.954. The van der Waals surface area contributed by atoms with E-state index < -0.39 is 19.1 Å². The molecular weight excluding hydrogens is 325 g/mol. The van der Waals surface area contributed by atoms with Crippen LogP contribution >= 0.6 is 0 Å². The predicted octanol–water partition coefficient (Wildman–Crippen LogP) is -0.0944. The molecule has 3 N–H and O–H groups in total. The van der Waals surface area contributed by atoms with Gasteiger partial charge in [-0.05, 0) is 36.5 Å². The number of aromatic nitrogens is 2. The number of ether oxygens (including phenoxy) is 1. The molecule has 2 heterocycles. The van der Waals surface area contributed by atoms with Crippen LogP contribution in [0.3, 0.4) is 0 Å². The highest BCUT2D eigenvalue weighted by Crippen LogP contribution is 2.25. The van der Waals surface area contributed by atoms with Gasteiger partial charge in [0.25, 0.3) is 5.91 Å². The van der Waals surface area contributed by atoms with Gasteiger partial charge >= 0.3 is 7.12 Å². The van der Waals surface area contributed by atoms with Gasteiger partial charge in [-0.3, -0.25) is 4.79 Å². The highest BCUT2D eigenvalue weighted by Gasteiger charge is 2.30. The Kier molecular flexibility index (Phi) is 4.98. The Balaban J connectivity index is 1.72. The Hall–Kier alpha value is -2.49. The smallest absolute Gasteiger partial charge is 0.437 e. The number of aliphatic hydroxyl groups excluding tert-OH is 1. The van der Waals surface area contributed by atoms with E-state index in [4.69, 9.17) is 9.39 Å². The zero-order chi connectivity index (χ0) is 18.0. The lowest BCUT2D eigenvalue weighted by Crippen LogP contribution is -2.31. The molecule has 1 aliphatic heterocycles. The second-order valence-corrected chi connectivity index (χ2v) is 5.83. The van der Waals surface area contributed by atoms with Gasteiger partial charge in [0.05, 0.1) is 25.1 Å². The normalized spacial score (nSPS) is 14.2. The van der Waals surface area contributed by atoms with Crippen molar-refractivity contribution in [2.75, 3.05) is 6.54 Å². The molecule has 1 aromatic heterocycles. The van der Waals surface area contributed by atoms with Crippen LogP contribution in [-0.2, 0) is 11.3 Å². The second-order valence-electron chi connectivity index (χ2n) is 5.83. The fourth-order valence-electron chi connectivity index (χ4n) is 2.53. The van der Waals surface area contributed by atoms with E-state index in [0.29, 0.717) is 17.8 Å². The maximum Gasteiger partial charge on any atom is 0.492 e. The number of nitrogens with zero attached hydrogens (tertiary/aromatic N) is 2. The molecule has 1 aromatic carbocycles. The standard InChI is InChI=1S/C16H18BN3O5/c1-9(21)5-20-16(22)12-6-19-14(7-18-12)25-13-4-3-11-8-24-17(23)15(11)10(13)2/h3-4,6-7,9,21,23H,5,8H2,1-2H3,(H,20,22). The molecule has 1 unspecified atom stereocenters. The minimum absolute atomic E-state index is 0.127. The number of benzene rings is 1. The molecule has 25 heavy (non-hydrogen) atoms. The number of nitrogens with one attached hydrogen (secondary N) is 1. The average Bonchev–Trinajstić information content (AvgIpc) is 2.97. The third-order valence-electron chi connectivity index (χ3n) is 3.83. The summed E-state index contributed by atoms with van der Waals surface area (Å²) in [5.74, 6) is 0.335. The van der Waals surface area contributed by atoms with E-state index in [0.717, 1.165) is 11.1 Å². The van der Waals surface area contributed by atoms with E-state index in [1.807, 2.05) is 13.0 Å². The topological polar surface area (TPSA) is 114 Å². The van der Waals surface area contributed by atoms with E-state index in [-0.39, 0.29) is 18.1 Å². The zero-order valence-corrected chi connectivity index (χ0v) is 13.9. The molecule has 0 radical (unpaired) electrons. The van der Waals surface area contributed by atoms with Gasteiger partial charge in [0.2, 0.25) is 5.88 Å². The molecule has 0 bridgehead atoms. The van der Waals surface area contributed by atoms with Crippen LogP contribution in [0, 0.1) is 6.92 Å². The van der Waals surface area contributed by atoms with Gasteiger partial charge < -0.3 is 24.8 Å². The molecule has 0 aliphatic carbocycles. The summed E-state index contributed by atoms with van der Waals surface area (Å²) in [5, 5.41) is 21.6. The molecule has 130 valence electrons. The highest BCUT2D eigenvalue weighted by molar-refractivity contribution is 6.62. The molecule has 0 saturated carbocycles. The third kappa shape index (κ3) is 3.79. The van der Waals surface area contributed by atoms with Gasteiger partial charge in [-0.2, -0.15) is 0 Å². The number of hydrogen-bond acceptors (Lipinski definition) is 7. The molecule has 2 aromatic rings. The second kappa shape index (κ2) is 7.18. The van der Waals surface area contributed by atoms with Crippen LogP contribution in [0.1, 0.15) is 28.5 Å². The maximum atomic E-state index is 11.8. The monoisotopic (exact) mass is 343 g/mol. The average molecular weight is 343 g/mol. The lowest BCUT2D eigenvalue weighted by atomic mass is 9.76. The van der Waals surface area contributed by atoms with Gasteiger partial charge in [0.15, 0.2) is 0 Å². The largest absolute Gasteiger partial charge is 0.492 e. The van der Waals surface area contributed by atoms with Crippen LogP contribution in [-0.4, -0.2) is 45.8 Å². The van der Waals surface area contributed by atoms with Crippen LogP contribution in [0.2, 0.25) is 0 Å². The highest BCUT2D eigenvalue weighted by atomic mass is 16.5. The van der Waals surface area contributed by atoms with Gasteiger partial charge in [0, 0.05) is 6.54 Å². The van der Waals surface area contributed by atoms with Crippen molar-refractivity contribution in [3.8, 4) is 11.6 Å². The number of rotatable bonds is 5. The summed E-state index contributed by atoms with van der Waals surface area (Å²) in [4.78, 5) is 19.9. The van der Waals surface area contributed by atoms with Crippen molar-refractivity contribution in [2.24, 2.45) is 0 Å². The summed E-state index contributed by atoms with van der Waals surface area (Å²) in [6.45, 7) is 3.91. The van der Waals surface area contributed by atoms with Crippen molar-refractivity contribution in [2.45, 2.75) is 26.6 Å². The maximum absolute atomic E-state index is 11.8. The number of amides is 1. The van der Waals surface area contributed by atoms with E-state index in [1.165, 1.54) is 12.4 Å². The summed E-state index contributed by atoms with van der Waals surface area (Å²) < 4.78 is 10.9. The molecule has 1 amide bonds. The van der Waals surface area contributed by atoms with Crippen LogP contribution in [0.5, 0.6) is 11.6 Å². The summed E-state index contributed by atoms with van der Waals surface area (Å²) in [7, 11) is -0.954. The summed E-state index contributed by atoms with van der Waals surface area (Å²) in [6, 6.07) is 3.61. The first-order valence-corrected chi connectivity index (χ1v) is 7.84. The third-order valence-corrected chi connectivity index (χ3v) is 3.83. The molecule has 9 heteroatoms. The quantitative estimate of drug-likeness (QED) is 0.650. The fraction of sp³-hybridized carbons (Fsp3) is 0.312. The number of carbonyl (C=O) groups is 1. The van der Waals surface area contributed by atoms with Crippen molar-refractivity contribution >= 4 is 18.5 Å². The Labute approximate surface area is 145 Å². The number of carbonyl (C=O) groups excluding carboxylic acids is 1. The van der Waals surface area contributed by atoms with Crippen molar-refractivity contribution in [1.29, 1.82) is 0 Å². The number of aliphatic hydroxyl groups is 1. The Bertz CT molecular complexity index is 782. The zero-order valence-electron chi connectivity index (χ0n) is 13.9. The first-order valence-electron chi connectivity index (χ1n) is 7.84. The van der Waals surface area contributed by atoms with E-state index in [2.05, 4.69) is 15.3 Å². The number of hydrogen-bond donors (Lipinski definition) is 3. The van der Waals surface area contributed by atoms with Crippen LogP contribution in [0.25, 0.3) is 0 Å². The Morgan fingerprint density at radius 2 is 2.24 bits per heavy atom. The number of fused-ring (bicyclic) bond motifs is 1. The predicted molar refractivity (Wildman–Crippen MR) is 89.7 cm³/mol. The van der Waals surface area contributed by atoms with Crippen LogP contribution in [0.4, 0.5) is 0 Å². The minimum Gasteiger partial charge on any atom is -0.437 e. The first-order chi connectivity index (χ1) is 12.0. The molecular formula is C16H18BN3O5. The van der Waals surface area contributed by atoms with Crippen molar-refractivity contribution in [1.82, 2.24) is 15.3 Å². The van der Waals surface area contributed by atoms with Crippen molar-refractivity contribution in [3.63, 3.8) is 0 Å². The molecule has 0 fully saturated rings. The van der Waals surface area contributed by atoms with Crippen LogP contribution < -0.4 is 15.5 Å². The fourth-order valence-corrected chi connectivity index (χ4v) is 2.53. The first kappa shape index (κ1) is 17.3. The molecule has 3 rings (SSSR count). The van der Waals surface area contributed by atoms with Gasteiger partial charge in [0.1, 0.15) is 11.4 Å². The van der Waals surface area contributed by atoms with Crippen LogP contribution in [0.15, 0.2) is 24.5 Å². The van der Waals surface area contributed by atoms with Gasteiger partial charge in [-0.25, -0.2) is 9.97 Å². The van der Waals surface area contributed by atoms with Gasteiger partial charge in [-0.1, -0.05) is 6.07 Å². The Morgan fingerprint density at radius 1 is 1.44 bits per heavy atom. The molecule has 1 aliphatic rings. The summed E-state index contributed by atoms with van der Waals surface area (Å²) in [6.07, 6.45) is 2.01. The van der Waals surface area contributed by atoms with Crippen molar-refractivity contribution < 1.29 is 24.3 Å².